The summed E-state index contributed by atoms with van der Waals surface area (Å²) in [5.74, 6) is -0.406. The molecule has 0 aliphatic rings. The normalized spacial score (nSPS) is 11.4. The Labute approximate surface area is 101 Å². The average molecular weight is 263 g/mol. The van der Waals surface area contributed by atoms with E-state index in [1.165, 1.54) is 6.08 Å². The first kappa shape index (κ1) is 13.9. The molecule has 0 aromatic carbocycles. The number of carbonyl (C=O) groups is 1. The van der Waals surface area contributed by atoms with Gasteiger partial charge in [-0.15, -0.1) is 11.3 Å². The van der Waals surface area contributed by atoms with Crippen molar-refractivity contribution in [1.82, 2.24) is 4.98 Å². The van der Waals surface area contributed by atoms with Gasteiger partial charge in [0.2, 0.25) is 0 Å². The lowest BCUT2D eigenvalue weighted by molar-refractivity contribution is -0.137. The number of hydrogen-bond donors (Lipinski definition) is 0. The van der Waals surface area contributed by atoms with Crippen molar-refractivity contribution in [2.24, 2.45) is 0 Å². The maximum absolute atomic E-state index is 12.3. The van der Waals surface area contributed by atoms with Gasteiger partial charge in [-0.2, -0.15) is 13.2 Å². The summed E-state index contributed by atoms with van der Waals surface area (Å²) in [5, 5.41) is -0.983. The minimum Gasteiger partial charge on any atom is -0.288 e. The zero-order valence-electron chi connectivity index (χ0n) is 9.47. The highest BCUT2D eigenvalue weighted by Gasteiger charge is 2.35. The number of ketones is 1. The van der Waals surface area contributed by atoms with Crippen molar-refractivity contribution < 1.29 is 18.0 Å². The highest BCUT2D eigenvalue weighted by molar-refractivity contribution is 7.13. The molecule has 0 N–H and O–H groups in total. The summed E-state index contributed by atoms with van der Waals surface area (Å²) in [4.78, 5) is 14.9. The third kappa shape index (κ3) is 3.66. The van der Waals surface area contributed by atoms with E-state index < -0.39 is 17.0 Å². The minimum atomic E-state index is -4.48. The van der Waals surface area contributed by atoms with E-state index in [4.69, 9.17) is 0 Å². The van der Waals surface area contributed by atoms with Crippen molar-refractivity contribution in [3.05, 3.63) is 27.7 Å². The first-order chi connectivity index (χ1) is 7.88. The van der Waals surface area contributed by atoms with Crippen LogP contribution in [0, 0.1) is 0 Å². The van der Waals surface area contributed by atoms with Gasteiger partial charge in [0.15, 0.2) is 10.8 Å². The van der Waals surface area contributed by atoms with E-state index in [0.29, 0.717) is 24.2 Å². The summed E-state index contributed by atoms with van der Waals surface area (Å²) in [6.45, 7) is 3.80. The molecule has 0 saturated carbocycles. The quantitative estimate of drug-likeness (QED) is 0.605. The second-order valence-corrected chi connectivity index (χ2v) is 4.43. The van der Waals surface area contributed by atoms with Gasteiger partial charge in [-0.3, -0.25) is 4.79 Å². The minimum absolute atomic E-state index is 0.0247. The first-order valence-electron chi connectivity index (χ1n) is 5.15. The van der Waals surface area contributed by atoms with Gasteiger partial charge in [0, 0.05) is 6.20 Å². The molecule has 0 aliphatic heterocycles. The molecule has 0 bridgehead atoms. The molecule has 0 amide bonds. The molecule has 0 radical (unpaired) electrons. The maximum atomic E-state index is 12.3. The largest absolute Gasteiger partial charge is 0.443 e. The lowest BCUT2D eigenvalue weighted by Crippen LogP contribution is -2.03. The molecule has 0 atom stereocenters. The van der Waals surface area contributed by atoms with Crippen LogP contribution in [-0.4, -0.2) is 10.8 Å². The molecule has 1 rings (SSSR count). The number of halogens is 3. The molecule has 1 heterocycles. The van der Waals surface area contributed by atoms with Crippen molar-refractivity contribution in [2.45, 2.75) is 32.9 Å². The van der Waals surface area contributed by atoms with Crippen molar-refractivity contribution in [3.63, 3.8) is 0 Å². The van der Waals surface area contributed by atoms with Gasteiger partial charge in [-0.1, -0.05) is 19.4 Å². The van der Waals surface area contributed by atoms with Crippen LogP contribution in [0.4, 0.5) is 13.2 Å². The maximum Gasteiger partial charge on any atom is 0.443 e. The molecule has 6 heteroatoms. The van der Waals surface area contributed by atoms with Crippen LogP contribution in [-0.2, 0) is 6.18 Å². The summed E-state index contributed by atoms with van der Waals surface area (Å²) in [5.41, 5.74) is 0.914. The third-order valence-corrected chi connectivity index (χ3v) is 3.29. The second kappa shape index (κ2) is 5.44. The van der Waals surface area contributed by atoms with Crippen LogP contribution in [0.15, 0.2) is 17.8 Å². The van der Waals surface area contributed by atoms with Gasteiger partial charge in [0.25, 0.3) is 0 Å². The number of alkyl halides is 3. The van der Waals surface area contributed by atoms with Gasteiger partial charge in [-0.05, 0) is 18.9 Å². The van der Waals surface area contributed by atoms with Crippen LogP contribution < -0.4 is 0 Å². The Morgan fingerprint density at radius 3 is 2.41 bits per heavy atom. The lowest BCUT2D eigenvalue weighted by atomic mass is 10.1. The van der Waals surface area contributed by atoms with Crippen LogP contribution >= 0.6 is 11.3 Å². The van der Waals surface area contributed by atoms with Crippen molar-refractivity contribution in [3.8, 4) is 0 Å². The SMILES string of the molecule is CCC(=CC(=O)c1cnc(C(F)(F)F)s1)CC. The second-order valence-electron chi connectivity index (χ2n) is 3.40. The number of allylic oxidation sites excluding steroid dienone is 2. The van der Waals surface area contributed by atoms with Gasteiger partial charge in [0.05, 0.1) is 4.88 Å². The van der Waals surface area contributed by atoms with Gasteiger partial charge in [0.1, 0.15) is 0 Å². The molecule has 2 nitrogen and oxygen atoms in total. The molecule has 1 aromatic rings. The van der Waals surface area contributed by atoms with Crippen LogP contribution in [0.25, 0.3) is 0 Å². The first-order valence-corrected chi connectivity index (χ1v) is 5.96. The zero-order valence-corrected chi connectivity index (χ0v) is 10.3. The third-order valence-electron chi connectivity index (χ3n) is 2.23. The van der Waals surface area contributed by atoms with Crippen LogP contribution in [0.2, 0.25) is 0 Å². The molecule has 17 heavy (non-hydrogen) atoms. The Kier molecular flexibility index (Phi) is 4.45. The number of aromatic nitrogens is 1. The van der Waals surface area contributed by atoms with Gasteiger partial charge >= 0.3 is 6.18 Å². The predicted octanol–water partition coefficient (Wildman–Crippen LogP) is 4.09. The molecule has 94 valence electrons. The van der Waals surface area contributed by atoms with Crippen LogP contribution in [0.3, 0.4) is 0 Å². The number of carbonyl (C=O) groups excluding carboxylic acids is 1. The fourth-order valence-corrected chi connectivity index (χ4v) is 1.92. The Hall–Kier alpha value is -1.17. The fourth-order valence-electron chi connectivity index (χ4n) is 1.23. The summed E-state index contributed by atoms with van der Waals surface area (Å²) >= 11 is 0.381. The molecule has 0 unspecified atom stereocenters. The summed E-state index contributed by atoms with van der Waals surface area (Å²) in [6.07, 6.45) is -0.672. The highest BCUT2D eigenvalue weighted by atomic mass is 32.1. The summed E-state index contributed by atoms with van der Waals surface area (Å²) < 4.78 is 36.8. The predicted molar refractivity (Wildman–Crippen MR) is 60.1 cm³/mol. The van der Waals surface area contributed by atoms with Gasteiger partial charge in [-0.25, -0.2) is 4.98 Å². The van der Waals surface area contributed by atoms with E-state index in [9.17, 15) is 18.0 Å². The Morgan fingerprint density at radius 2 is 2.00 bits per heavy atom. The number of rotatable bonds is 4. The molecule has 0 aliphatic carbocycles. The molecular weight excluding hydrogens is 251 g/mol. The molecule has 0 saturated heterocycles. The lowest BCUT2D eigenvalue weighted by Gasteiger charge is -1.99. The smallest absolute Gasteiger partial charge is 0.288 e. The molecular formula is C11H12F3NOS. The van der Waals surface area contributed by atoms with E-state index in [1.54, 1.807) is 0 Å². The monoisotopic (exact) mass is 263 g/mol. The van der Waals surface area contributed by atoms with Crippen molar-refractivity contribution in [2.75, 3.05) is 0 Å². The van der Waals surface area contributed by atoms with Gasteiger partial charge < -0.3 is 0 Å². The summed E-state index contributed by atoms with van der Waals surface area (Å²) in [7, 11) is 0. The Bertz CT molecular complexity index is 428. The van der Waals surface area contributed by atoms with Crippen LogP contribution in [0.1, 0.15) is 41.4 Å². The van der Waals surface area contributed by atoms with E-state index in [0.717, 1.165) is 11.8 Å². The van der Waals surface area contributed by atoms with E-state index in [1.807, 2.05) is 13.8 Å². The molecule has 1 aromatic heterocycles. The summed E-state index contributed by atoms with van der Waals surface area (Å²) in [6, 6.07) is 0. The molecule has 0 spiro atoms. The van der Waals surface area contributed by atoms with E-state index >= 15 is 0 Å². The topological polar surface area (TPSA) is 30.0 Å². The number of thiazole rings is 1. The average Bonchev–Trinajstić information content (AvgIpc) is 2.74. The fraction of sp³-hybridized carbons (Fsp3) is 0.455. The van der Waals surface area contributed by atoms with Crippen molar-refractivity contribution in [1.29, 1.82) is 0 Å². The Balaban J connectivity index is 2.91. The van der Waals surface area contributed by atoms with Crippen molar-refractivity contribution >= 4 is 17.1 Å². The van der Waals surface area contributed by atoms with Crippen LogP contribution in [0.5, 0.6) is 0 Å². The zero-order chi connectivity index (χ0) is 13.1. The van der Waals surface area contributed by atoms with E-state index in [2.05, 4.69) is 4.98 Å². The number of nitrogens with zero attached hydrogens (tertiary/aromatic N) is 1. The van der Waals surface area contributed by atoms with E-state index in [-0.39, 0.29) is 4.88 Å². The standard InChI is InChI=1S/C11H12F3NOS/c1-3-7(4-2)5-8(16)9-6-15-10(17-9)11(12,13)14/h5-6H,3-4H2,1-2H3. The Morgan fingerprint density at radius 1 is 1.41 bits per heavy atom. The molecule has 0 fully saturated rings. The number of hydrogen-bond acceptors (Lipinski definition) is 3. The highest BCUT2D eigenvalue weighted by Crippen LogP contribution is 2.32.